The van der Waals surface area contributed by atoms with E-state index in [1.807, 2.05) is 45.0 Å². The molecule has 0 aliphatic carbocycles. The van der Waals surface area contributed by atoms with Crippen LogP contribution in [0.3, 0.4) is 0 Å². The molecule has 0 saturated heterocycles. The van der Waals surface area contributed by atoms with E-state index in [0.717, 1.165) is 50.6 Å². The average molecular weight is 420 g/mol. The first kappa shape index (κ1) is 18.8. The highest BCUT2D eigenvalue weighted by molar-refractivity contribution is 7.80. The van der Waals surface area contributed by atoms with Gasteiger partial charge in [0.15, 0.2) is 5.76 Å². The van der Waals surface area contributed by atoms with Crippen LogP contribution in [0.5, 0.6) is 11.5 Å². The third-order valence-electron chi connectivity index (χ3n) is 5.52. The number of methoxy groups -OCH3 is 1. The summed E-state index contributed by atoms with van der Waals surface area (Å²) >= 11 is 5.37. The first-order chi connectivity index (χ1) is 14.4. The van der Waals surface area contributed by atoms with Gasteiger partial charge in [-0.3, -0.25) is 0 Å². The van der Waals surface area contributed by atoms with Gasteiger partial charge in [-0.05, 0) is 56.7 Å². The van der Waals surface area contributed by atoms with Crippen molar-refractivity contribution in [1.82, 2.24) is 0 Å². The molecule has 6 nitrogen and oxygen atoms in total. The Balaban J connectivity index is 1.70. The van der Waals surface area contributed by atoms with Gasteiger partial charge >= 0.3 is 0 Å². The number of furan rings is 1. The average Bonchev–Trinajstić information content (AvgIpc) is 2.96. The minimum atomic E-state index is -0.185. The molecule has 2 aromatic carbocycles. The van der Waals surface area contributed by atoms with Crippen LogP contribution < -0.4 is 14.8 Å². The Kier molecular flexibility index (Phi) is 4.36. The van der Waals surface area contributed by atoms with Gasteiger partial charge in [0.25, 0.3) is 0 Å². The number of nitrogens with one attached hydrogen (secondary N) is 1. The minimum absolute atomic E-state index is 0.185. The second-order valence-electron chi connectivity index (χ2n) is 7.63. The molecule has 2 aliphatic heterocycles. The molecule has 1 N–H and O–H groups in total. The molecule has 0 spiro atoms. The van der Waals surface area contributed by atoms with Crippen LogP contribution in [0.2, 0.25) is 0 Å². The number of aryl methyl sites for hydroxylation is 1. The SMILES string of the molecule is COc1ccc2oc(C3=NN=C(C)Cc4cc5c(cc43)OC(C)C(=S)N5)c(C)c2c1. The number of anilines is 1. The molecule has 2 aliphatic rings. The lowest BCUT2D eigenvalue weighted by Gasteiger charge is -2.27. The van der Waals surface area contributed by atoms with Crippen LogP contribution >= 0.6 is 12.2 Å². The largest absolute Gasteiger partial charge is 0.497 e. The molecule has 7 heteroatoms. The normalized spacial score (nSPS) is 17.9. The zero-order valence-electron chi connectivity index (χ0n) is 17.2. The Bertz CT molecular complexity index is 1270. The summed E-state index contributed by atoms with van der Waals surface area (Å²) in [6.07, 6.45) is 0.502. The smallest absolute Gasteiger partial charge is 0.159 e. The molecule has 152 valence electrons. The summed E-state index contributed by atoms with van der Waals surface area (Å²) in [4.78, 5) is 0.678. The molecule has 3 heterocycles. The van der Waals surface area contributed by atoms with Crippen molar-refractivity contribution >= 4 is 45.3 Å². The zero-order chi connectivity index (χ0) is 21.0. The second-order valence-corrected chi connectivity index (χ2v) is 8.07. The van der Waals surface area contributed by atoms with E-state index in [1.165, 1.54) is 0 Å². The number of fused-ring (bicyclic) bond motifs is 3. The van der Waals surface area contributed by atoms with Crippen LogP contribution in [0.25, 0.3) is 11.0 Å². The van der Waals surface area contributed by atoms with Crippen LogP contribution in [0.15, 0.2) is 45.0 Å². The fourth-order valence-electron chi connectivity index (χ4n) is 3.89. The van der Waals surface area contributed by atoms with Crippen LogP contribution in [-0.4, -0.2) is 29.6 Å². The van der Waals surface area contributed by atoms with Gasteiger partial charge in [0.05, 0.1) is 12.8 Å². The first-order valence-corrected chi connectivity index (χ1v) is 10.2. The third kappa shape index (κ3) is 2.97. The van der Waals surface area contributed by atoms with E-state index in [2.05, 4.69) is 21.6 Å². The Morgan fingerprint density at radius 3 is 2.80 bits per heavy atom. The highest BCUT2D eigenvalue weighted by Crippen LogP contribution is 2.37. The Morgan fingerprint density at radius 1 is 1.17 bits per heavy atom. The fourth-order valence-corrected chi connectivity index (χ4v) is 4.04. The van der Waals surface area contributed by atoms with Gasteiger partial charge in [-0.1, -0.05) is 12.2 Å². The van der Waals surface area contributed by atoms with Crippen molar-refractivity contribution in [3.63, 3.8) is 0 Å². The van der Waals surface area contributed by atoms with Crippen molar-refractivity contribution in [3.8, 4) is 11.5 Å². The number of hydrogen-bond donors (Lipinski definition) is 1. The number of thiocarbonyl (C=S) groups is 1. The van der Waals surface area contributed by atoms with Crippen LogP contribution in [0.1, 0.15) is 36.3 Å². The van der Waals surface area contributed by atoms with Crippen molar-refractivity contribution in [2.45, 2.75) is 33.3 Å². The molecule has 0 saturated carbocycles. The Morgan fingerprint density at radius 2 is 2.00 bits per heavy atom. The zero-order valence-corrected chi connectivity index (χ0v) is 18.0. The third-order valence-corrected chi connectivity index (χ3v) is 5.95. The molecule has 0 bridgehead atoms. The van der Waals surface area contributed by atoms with Crippen LogP contribution in [-0.2, 0) is 6.42 Å². The van der Waals surface area contributed by atoms with E-state index in [9.17, 15) is 0 Å². The standard InChI is InChI=1S/C23H21N3O3S/c1-11-7-14-8-18-20(28-13(3)23(30)24-18)10-17(14)21(26-25-11)22-12(2)16-9-15(27-4)5-6-19(16)29-22/h5-6,8-10,13H,7H2,1-4H3,(H,24,30). The van der Waals surface area contributed by atoms with Gasteiger partial charge in [0.1, 0.15) is 33.9 Å². The van der Waals surface area contributed by atoms with Crippen LogP contribution in [0.4, 0.5) is 5.69 Å². The number of nitrogens with zero attached hydrogens (tertiary/aromatic N) is 2. The van der Waals surface area contributed by atoms with Crippen molar-refractivity contribution in [3.05, 3.63) is 52.8 Å². The summed E-state index contributed by atoms with van der Waals surface area (Å²) in [7, 11) is 1.66. The summed E-state index contributed by atoms with van der Waals surface area (Å²) in [5.41, 5.74) is 6.32. The van der Waals surface area contributed by atoms with E-state index in [-0.39, 0.29) is 6.10 Å². The molecule has 0 radical (unpaired) electrons. The van der Waals surface area contributed by atoms with Crippen LogP contribution in [0, 0.1) is 6.92 Å². The maximum absolute atomic E-state index is 6.23. The highest BCUT2D eigenvalue weighted by atomic mass is 32.1. The summed E-state index contributed by atoms with van der Waals surface area (Å²) in [6, 6.07) is 9.87. The number of hydrogen-bond acceptors (Lipinski definition) is 6. The van der Waals surface area contributed by atoms with Gasteiger partial charge in [-0.2, -0.15) is 5.10 Å². The van der Waals surface area contributed by atoms with E-state index < -0.39 is 0 Å². The lowest BCUT2D eigenvalue weighted by atomic mass is 9.95. The fraction of sp³-hybridized carbons (Fsp3) is 0.261. The predicted octanol–water partition coefficient (Wildman–Crippen LogP) is 5.04. The lowest BCUT2D eigenvalue weighted by Crippen LogP contribution is -2.33. The molecule has 5 rings (SSSR count). The summed E-state index contributed by atoms with van der Waals surface area (Å²) in [6.45, 7) is 5.94. The molecular weight excluding hydrogens is 398 g/mol. The highest BCUT2D eigenvalue weighted by Gasteiger charge is 2.27. The molecular formula is C23H21N3O3S. The van der Waals surface area contributed by atoms with Gasteiger partial charge in [-0.25, -0.2) is 0 Å². The van der Waals surface area contributed by atoms with E-state index in [4.69, 9.17) is 26.1 Å². The topological polar surface area (TPSA) is 68.4 Å². The summed E-state index contributed by atoms with van der Waals surface area (Å²) < 4.78 is 17.6. The van der Waals surface area contributed by atoms with Gasteiger partial charge < -0.3 is 19.2 Å². The molecule has 1 unspecified atom stereocenters. The molecule has 1 aromatic heterocycles. The Labute approximate surface area is 179 Å². The molecule has 30 heavy (non-hydrogen) atoms. The van der Waals surface area contributed by atoms with Crippen molar-refractivity contribution in [2.75, 3.05) is 12.4 Å². The monoisotopic (exact) mass is 419 g/mol. The van der Waals surface area contributed by atoms with E-state index in [0.29, 0.717) is 22.9 Å². The molecule has 3 aromatic rings. The minimum Gasteiger partial charge on any atom is -0.497 e. The summed E-state index contributed by atoms with van der Waals surface area (Å²) in [5, 5.41) is 13.3. The Hall–Kier alpha value is -3.19. The lowest BCUT2D eigenvalue weighted by molar-refractivity contribution is 0.285. The van der Waals surface area contributed by atoms with Crippen molar-refractivity contribution < 1.29 is 13.9 Å². The number of rotatable bonds is 2. The van der Waals surface area contributed by atoms with E-state index >= 15 is 0 Å². The number of ether oxygens (including phenoxy) is 2. The van der Waals surface area contributed by atoms with Gasteiger partial charge in [0, 0.05) is 28.6 Å². The maximum Gasteiger partial charge on any atom is 0.159 e. The number of benzene rings is 2. The summed E-state index contributed by atoms with van der Waals surface area (Å²) in [5.74, 6) is 2.23. The van der Waals surface area contributed by atoms with Gasteiger partial charge in [0.2, 0.25) is 0 Å². The molecule has 0 fully saturated rings. The quantitative estimate of drug-likeness (QED) is 0.590. The molecule has 0 amide bonds. The van der Waals surface area contributed by atoms with Crippen molar-refractivity contribution in [1.29, 1.82) is 0 Å². The predicted molar refractivity (Wildman–Crippen MR) is 123 cm³/mol. The molecule has 1 atom stereocenters. The van der Waals surface area contributed by atoms with Crippen molar-refractivity contribution in [2.24, 2.45) is 10.2 Å². The van der Waals surface area contributed by atoms with E-state index in [1.54, 1.807) is 7.11 Å². The van der Waals surface area contributed by atoms with Gasteiger partial charge in [-0.15, -0.1) is 5.10 Å². The first-order valence-electron chi connectivity index (χ1n) is 9.78. The second kappa shape index (κ2) is 6.95. The maximum atomic E-state index is 6.23.